The van der Waals surface area contributed by atoms with Crippen LogP contribution in [0.25, 0.3) is 5.65 Å². The molecule has 0 spiro atoms. The molecule has 1 aromatic carbocycles. The number of hydrogen-bond acceptors (Lipinski definition) is 5. The number of benzene rings is 1. The second-order valence-electron chi connectivity index (χ2n) is 5.34. The standard InChI is InChI=1S/C18H16BrClN2O4/c1-3-25-15-7-11(6-14(19)17(15)24-2)18(23)26-10-13-9-22-8-12(20)4-5-16(22)21-13/h4-9H,3,10H2,1-2H3. The van der Waals surface area contributed by atoms with Crippen LogP contribution in [0.2, 0.25) is 5.02 Å². The third-order valence-corrected chi connectivity index (χ3v) is 4.38. The highest BCUT2D eigenvalue weighted by Crippen LogP contribution is 2.36. The van der Waals surface area contributed by atoms with Gasteiger partial charge in [0.05, 0.1) is 34.5 Å². The lowest BCUT2D eigenvalue weighted by Gasteiger charge is -2.12. The number of halogens is 2. The van der Waals surface area contributed by atoms with Crippen LogP contribution in [0.4, 0.5) is 0 Å². The van der Waals surface area contributed by atoms with Gasteiger partial charge < -0.3 is 18.6 Å². The largest absolute Gasteiger partial charge is 0.492 e. The van der Waals surface area contributed by atoms with Crippen LogP contribution in [0.1, 0.15) is 23.0 Å². The molecule has 2 aromatic heterocycles. The van der Waals surface area contributed by atoms with Crippen molar-refractivity contribution >= 4 is 39.1 Å². The van der Waals surface area contributed by atoms with Crippen molar-refractivity contribution in [3.8, 4) is 11.5 Å². The van der Waals surface area contributed by atoms with E-state index in [1.807, 2.05) is 6.92 Å². The van der Waals surface area contributed by atoms with Gasteiger partial charge in [0.25, 0.3) is 0 Å². The number of aromatic nitrogens is 2. The topological polar surface area (TPSA) is 62.1 Å². The highest BCUT2D eigenvalue weighted by Gasteiger charge is 2.17. The number of carbonyl (C=O) groups excluding carboxylic acids is 1. The van der Waals surface area contributed by atoms with E-state index in [1.165, 1.54) is 7.11 Å². The summed E-state index contributed by atoms with van der Waals surface area (Å²) >= 11 is 9.34. The molecule has 0 aliphatic rings. The van der Waals surface area contributed by atoms with E-state index in [-0.39, 0.29) is 6.61 Å². The Balaban J connectivity index is 1.76. The van der Waals surface area contributed by atoms with Crippen LogP contribution < -0.4 is 9.47 Å². The number of methoxy groups -OCH3 is 1. The Bertz CT molecular complexity index is 958. The van der Waals surface area contributed by atoms with Gasteiger partial charge in [-0.25, -0.2) is 9.78 Å². The molecule has 0 radical (unpaired) electrons. The van der Waals surface area contributed by atoms with Gasteiger partial charge >= 0.3 is 5.97 Å². The summed E-state index contributed by atoms with van der Waals surface area (Å²) in [5.41, 5.74) is 1.71. The third kappa shape index (κ3) is 3.94. The highest BCUT2D eigenvalue weighted by atomic mass is 79.9. The first-order chi connectivity index (χ1) is 12.5. The monoisotopic (exact) mass is 438 g/mol. The molecular formula is C18H16BrClN2O4. The maximum atomic E-state index is 12.4. The van der Waals surface area contributed by atoms with E-state index in [2.05, 4.69) is 20.9 Å². The summed E-state index contributed by atoms with van der Waals surface area (Å²) in [5, 5.41) is 0.602. The van der Waals surface area contributed by atoms with Gasteiger partial charge in [0.1, 0.15) is 12.3 Å². The Hall–Kier alpha value is -2.25. The lowest BCUT2D eigenvalue weighted by Crippen LogP contribution is -2.07. The number of imidazole rings is 1. The Kier molecular flexibility index (Phi) is 5.68. The summed E-state index contributed by atoms with van der Waals surface area (Å²) in [6.07, 6.45) is 3.51. The van der Waals surface area contributed by atoms with Crippen molar-refractivity contribution < 1.29 is 19.0 Å². The van der Waals surface area contributed by atoms with Gasteiger partial charge in [0, 0.05) is 12.4 Å². The quantitative estimate of drug-likeness (QED) is 0.529. The summed E-state index contributed by atoms with van der Waals surface area (Å²) in [6.45, 7) is 2.35. The Labute approximate surface area is 163 Å². The lowest BCUT2D eigenvalue weighted by molar-refractivity contribution is 0.0467. The fraction of sp³-hybridized carbons (Fsp3) is 0.222. The normalized spacial score (nSPS) is 10.8. The molecule has 0 fully saturated rings. The SMILES string of the molecule is CCOc1cc(C(=O)OCc2cn3cc(Cl)ccc3n2)cc(Br)c1OC. The van der Waals surface area contributed by atoms with Crippen molar-refractivity contribution in [1.82, 2.24) is 9.38 Å². The predicted octanol–water partition coefficient (Wildman–Crippen LogP) is 4.51. The minimum atomic E-state index is -0.482. The second-order valence-corrected chi connectivity index (χ2v) is 6.63. The van der Waals surface area contributed by atoms with Crippen LogP contribution in [0, 0.1) is 0 Å². The summed E-state index contributed by atoms with van der Waals surface area (Å²) < 4.78 is 18.6. The van der Waals surface area contributed by atoms with E-state index in [4.69, 9.17) is 25.8 Å². The van der Waals surface area contributed by atoms with E-state index in [9.17, 15) is 4.79 Å². The van der Waals surface area contributed by atoms with E-state index in [1.54, 1.807) is 41.1 Å². The minimum absolute atomic E-state index is 0.0474. The molecule has 0 atom stereocenters. The number of hydrogen-bond donors (Lipinski definition) is 0. The van der Waals surface area contributed by atoms with E-state index in [0.29, 0.717) is 38.9 Å². The van der Waals surface area contributed by atoms with Gasteiger partial charge in [-0.2, -0.15) is 0 Å². The van der Waals surface area contributed by atoms with Crippen molar-refractivity contribution in [3.05, 3.63) is 57.4 Å². The van der Waals surface area contributed by atoms with Crippen LogP contribution in [0.3, 0.4) is 0 Å². The van der Waals surface area contributed by atoms with Crippen molar-refractivity contribution in [3.63, 3.8) is 0 Å². The predicted molar refractivity (Wildman–Crippen MR) is 101 cm³/mol. The first-order valence-corrected chi connectivity index (χ1v) is 8.99. The van der Waals surface area contributed by atoms with Crippen molar-refractivity contribution in [2.75, 3.05) is 13.7 Å². The van der Waals surface area contributed by atoms with Gasteiger partial charge in [-0.1, -0.05) is 11.6 Å². The molecule has 2 heterocycles. The Morgan fingerprint density at radius 3 is 2.85 bits per heavy atom. The lowest BCUT2D eigenvalue weighted by atomic mass is 10.2. The second kappa shape index (κ2) is 7.97. The maximum absolute atomic E-state index is 12.4. The van der Waals surface area contributed by atoms with Gasteiger partial charge in [-0.15, -0.1) is 0 Å². The molecule has 0 unspecified atom stereocenters. The smallest absolute Gasteiger partial charge is 0.338 e. The fourth-order valence-electron chi connectivity index (χ4n) is 2.46. The van der Waals surface area contributed by atoms with Crippen LogP contribution in [0.15, 0.2) is 41.1 Å². The number of carbonyl (C=O) groups is 1. The zero-order chi connectivity index (χ0) is 18.7. The first kappa shape index (κ1) is 18.5. The highest BCUT2D eigenvalue weighted by molar-refractivity contribution is 9.10. The van der Waals surface area contributed by atoms with Gasteiger partial charge in [-0.3, -0.25) is 0 Å². The van der Waals surface area contributed by atoms with Gasteiger partial charge in [0.15, 0.2) is 11.5 Å². The maximum Gasteiger partial charge on any atom is 0.338 e. The molecule has 3 rings (SSSR count). The van der Waals surface area contributed by atoms with Crippen LogP contribution >= 0.6 is 27.5 Å². The molecule has 6 nitrogen and oxygen atoms in total. The number of ether oxygens (including phenoxy) is 3. The van der Waals surface area contributed by atoms with E-state index >= 15 is 0 Å². The van der Waals surface area contributed by atoms with Crippen LogP contribution in [0.5, 0.6) is 11.5 Å². The minimum Gasteiger partial charge on any atom is -0.492 e. The van der Waals surface area contributed by atoms with Gasteiger partial charge in [-0.05, 0) is 47.1 Å². The summed E-state index contributed by atoms with van der Waals surface area (Å²) in [5.74, 6) is 0.517. The Morgan fingerprint density at radius 1 is 1.31 bits per heavy atom. The molecule has 0 aliphatic heterocycles. The first-order valence-electron chi connectivity index (χ1n) is 7.82. The van der Waals surface area contributed by atoms with Crippen molar-refractivity contribution in [1.29, 1.82) is 0 Å². The number of rotatable bonds is 6. The molecule has 3 aromatic rings. The summed E-state index contributed by atoms with van der Waals surface area (Å²) in [7, 11) is 1.54. The summed E-state index contributed by atoms with van der Waals surface area (Å²) in [6, 6.07) is 6.78. The van der Waals surface area contributed by atoms with E-state index < -0.39 is 5.97 Å². The number of nitrogens with zero attached hydrogens (tertiary/aromatic N) is 2. The average molecular weight is 440 g/mol. The Morgan fingerprint density at radius 2 is 2.12 bits per heavy atom. The molecule has 0 saturated heterocycles. The number of esters is 1. The van der Waals surface area contributed by atoms with Gasteiger partial charge in [0.2, 0.25) is 0 Å². The molecule has 0 bridgehead atoms. The zero-order valence-corrected chi connectivity index (χ0v) is 16.5. The molecular weight excluding hydrogens is 424 g/mol. The zero-order valence-electron chi connectivity index (χ0n) is 14.2. The fourth-order valence-corrected chi connectivity index (χ4v) is 3.23. The molecule has 8 heteroatoms. The average Bonchev–Trinajstić information content (AvgIpc) is 3.01. The number of fused-ring (bicyclic) bond motifs is 1. The molecule has 0 aliphatic carbocycles. The summed E-state index contributed by atoms with van der Waals surface area (Å²) in [4.78, 5) is 16.8. The van der Waals surface area contributed by atoms with Crippen LogP contribution in [-0.4, -0.2) is 29.1 Å². The molecule has 0 amide bonds. The molecule has 136 valence electrons. The number of pyridine rings is 1. The van der Waals surface area contributed by atoms with E-state index in [0.717, 1.165) is 5.65 Å². The molecule has 0 N–H and O–H groups in total. The van der Waals surface area contributed by atoms with Crippen molar-refractivity contribution in [2.24, 2.45) is 0 Å². The van der Waals surface area contributed by atoms with Crippen molar-refractivity contribution in [2.45, 2.75) is 13.5 Å². The molecule has 0 saturated carbocycles. The molecule has 26 heavy (non-hydrogen) atoms. The van der Waals surface area contributed by atoms with Crippen LogP contribution in [-0.2, 0) is 11.3 Å². The third-order valence-electron chi connectivity index (χ3n) is 3.57.